The number of hydrogen-bond donors (Lipinski definition) is 2. The molecule has 0 aromatic heterocycles. The van der Waals surface area contributed by atoms with Crippen LogP contribution in [0.2, 0.25) is 10.0 Å². The van der Waals surface area contributed by atoms with Crippen molar-refractivity contribution < 1.29 is 5.11 Å². The first-order valence-corrected chi connectivity index (χ1v) is 5.05. The molecule has 0 aliphatic heterocycles. The summed E-state index contributed by atoms with van der Waals surface area (Å²) in [7, 11) is 0. The van der Waals surface area contributed by atoms with Gasteiger partial charge in [0.25, 0.3) is 0 Å². The fourth-order valence-electron chi connectivity index (χ4n) is 0.944. The summed E-state index contributed by atoms with van der Waals surface area (Å²) in [5.41, 5.74) is 0.0152. The van der Waals surface area contributed by atoms with Crippen LogP contribution in [0.5, 0.6) is 0 Å². The van der Waals surface area contributed by atoms with Gasteiger partial charge in [0.1, 0.15) is 0 Å². The molecule has 0 bridgehead atoms. The highest BCUT2D eigenvalue weighted by Gasteiger charge is 2.12. The van der Waals surface area contributed by atoms with E-state index >= 15 is 0 Å². The Morgan fingerprint density at radius 2 is 2.00 bits per heavy atom. The van der Waals surface area contributed by atoms with Crippen LogP contribution >= 0.6 is 23.2 Å². The third-order valence-corrected chi connectivity index (χ3v) is 2.19. The van der Waals surface area contributed by atoms with E-state index in [0.29, 0.717) is 16.6 Å². The first-order chi connectivity index (χ1) is 6.38. The Morgan fingerprint density at radius 1 is 1.36 bits per heavy atom. The van der Waals surface area contributed by atoms with Crippen molar-refractivity contribution in [1.82, 2.24) is 0 Å². The number of benzene rings is 1. The van der Waals surface area contributed by atoms with Gasteiger partial charge in [-0.05, 0) is 32.0 Å². The molecule has 2 N–H and O–H groups in total. The smallest absolute Gasteiger partial charge is 0.0763 e. The van der Waals surface area contributed by atoms with Crippen LogP contribution < -0.4 is 5.32 Å². The van der Waals surface area contributed by atoms with Crippen molar-refractivity contribution in [1.29, 1.82) is 0 Å². The zero-order chi connectivity index (χ0) is 10.8. The summed E-state index contributed by atoms with van der Waals surface area (Å²) < 4.78 is 0. The van der Waals surface area contributed by atoms with Gasteiger partial charge < -0.3 is 10.4 Å². The quantitative estimate of drug-likeness (QED) is 0.841. The number of rotatable bonds is 3. The van der Waals surface area contributed by atoms with E-state index in [-0.39, 0.29) is 0 Å². The lowest BCUT2D eigenvalue weighted by Gasteiger charge is -2.19. The first-order valence-electron chi connectivity index (χ1n) is 4.30. The van der Waals surface area contributed by atoms with E-state index in [1.54, 1.807) is 32.0 Å². The minimum Gasteiger partial charge on any atom is -0.389 e. The molecular formula is C10H13Cl2NO. The molecule has 1 rings (SSSR count). The molecule has 0 fully saturated rings. The SMILES string of the molecule is CC(C)(O)CNc1ccc(Cl)cc1Cl. The monoisotopic (exact) mass is 233 g/mol. The lowest BCUT2D eigenvalue weighted by molar-refractivity contribution is 0.0945. The molecular weight excluding hydrogens is 221 g/mol. The predicted octanol–water partition coefficient (Wildman–Crippen LogP) is 3.18. The van der Waals surface area contributed by atoms with Gasteiger partial charge in [0.15, 0.2) is 0 Å². The van der Waals surface area contributed by atoms with Crippen LogP contribution in [-0.4, -0.2) is 17.3 Å². The lowest BCUT2D eigenvalue weighted by atomic mass is 10.1. The summed E-state index contributed by atoms with van der Waals surface area (Å²) in [5.74, 6) is 0. The summed E-state index contributed by atoms with van der Waals surface area (Å²) in [6, 6.07) is 5.20. The lowest BCUT2D eigenvalue weighted by Crippen LogP contribution is -2.29. The Kier molecular flexibility index (Phi) is 3.65. The molecule has 1 aromatic rings. The van der Waals surface area contributed by atoms with Gasteiger partial charge in [-0.15, -0.1) is 0 Å². The van der Waals surface area contributed by atoms with E-state index in [4.69, 9.17) is 23.2 Å². The van der Waals surface area contributed by atoms with E-state index in [2.05, 4.69) is 5.32 Å². The second kappa shape index (κ2) is 4.39. The summed E-state index contributed by atoms with van der Waals surface area (Å²) in [4.78, 5) is 0. The molecule has 0 heterocycles. The Labute approximate surface area is 93.8 Å². The molecule has 0 spiro atoms. The molecule has 0 amide bonds. The molecule has 14 heavy (non-hydrogen) atoms. The third-order valence-electron chi connectivity index (χ3n) is 1.64. The highest BCUT2D eigenvalue weighted by molar-refractivity contribution is 6.36. The molecule has 0 aliphatic rings. The van der Waals surface area contributed by atoms with Gasteiger partial charge in [0.2, 0.25) is 0 Å². The van der Waals surface area contributed by atoms with Crippen molar-refractivity contribution in [3.8, 4) is 0 Å². The maximum Gasteiger partial charge on any atom is 0.0763 e. The van der Waals surface area contributed by atoms with Gasteiger partial charge in [-0.3, -0.25) is 0 Å². The van der Waals surface area contributed by atoms with E-state index < -0.39 is 5.60 Å². The molecule has 4 heteroatoms. The van der Waals surface area contributed by atoms with Crippen molar-refractivity contribution in [2.24, 2.45) is 0 Å². The minimum absolute atomic E-state index is 0.439. The standard InChI is InChI=1S/C10H13Cl2NO/c1-10(2,14)6-13-9-4-3-7(11)5-8(9)12/h3-5,13-14H,6H2,1-2H3. The number of aliphatic hydroxyl groups is 1. The van der Waals surface area contributed by atoms with Gasteiger partial charge in [0.05, 0.1) is 16.3 Å². The maximum atomic E-state index is 9.49. The van der Waals surface area contributed by atoms with Crippen LogP contribution in [0, 0.1) is 0 Å². The molecule has 2 nitrogen and oxygen atoms in total. The average molecular weight is 234 g/mol. The van der Waals surface area contributed by atoms with Gasteiger partial charge >= 0.3 is 0 Å². The van der Waals surface area contributed by atoms with Crippen molar-refractivity contribution in [2.45, 2.75) is 19.4 Å². The number of hydrogen-bond acceptors (Lipinski definition) is 2. The van der Waals surface area contributed by atoms with E-state index in [1.807, 2.05) is 0 Å². The topological polar surface area (TPSA) is 32.3 Å². The number of halogens is 2. The summed E-state index contributed by atoms with van der Waals surface area (Å²) >= 11 is 11.7. The molecule has 0 saturated heterocycles. The van der Waals surface area contributed by atoms with E-state index in [0.717, 1.165) is 5.69 Å². The largest absolute Gasteiger partial charge is 0.389 e. The van der Waals surface area contributed by atoms with Gasteiger partial charge in [-0.2, -0.15) is 0 Å². The molecule has 1 aromatic carbocycles. The third kappa shape index (κ3) is 3.74. The van der Waals surface area contributed by atoms with Crippen LogP contribution in [0.3, 0.4) is 0 Å². The fourth-order valence-corrected chi connectivity index (χ4v) is 1.42. The minimum atomic E-state index is -0.761. The molecule has 0 radical (unpaired) electrons. The van der Waals surface area contributed by atoms with Crippen LogP contribution in [0.25, 0.3) is 0 Å². The van der Waals surface area contributed by atoms with Crippen molar-refractivity contribution in [2.75, 3.05) is 11.9 Å². The zero-order valence-corrected chi connectivity index (χ0v) is 9.65. The predicted molar refractivity (Wildman–Crippen MR) is 61.2 cm³/mol. The molecule has 0 saturated carbocycles. The van der Waals surface area contributed by atoms with Crippen LogP contribution in [0.15, 0.2) is 18.2 Å². The summed E-state index contributed by atoms with van der Waals surface area (Å²) in [6.07, 6.45) is 0. The van der Waals surface area contributed by atoms with Crippen LogP contribution in [0.4, 0.5) is 5.69 Å². The average Bonchev–Trinajstić information content (AvgIpc) is 2.00. The van der Waals surface area contributed by atoms with Gasteiger partial charge in [0, 0.05) is 11.6 Å². The normalized spacial score (nSPS) is 11.5. The first kappa shape index (κ1) is 11.6. The van der Waals surface area contributed by atoms with E-state index in [9.17, 15) is 5.11 Å². The second-order valence-electron chi connectivity index (χ2n) is 3.79. The fraction of sp³-hybridized carbons (Fsp3) is 0.400. The van der Waals surface area contributed by atoms with Gasteiger partial charge in [-0.1, -0.05) is 23.2 Å². The molecule has 78 valence electrons. The number of anilines is 1. The van der Waals surface area contributed by atoms with Gasteiger partial charge in [-0.25, -0.2) is 0 Å². The number of nitrogens with one attached hydrogen (secondary N) is 1. The zero-order valence-electron chi connectivity index (χ0n) is 8.14. The highest BCUT2D eigenvalue weighted by Crippen LogP contribution is 2.25. The summed E-state index contributed by atoms with van der Waals surface area (Å²) in [6.45, 7) is 3.89. The molecule has 0 atom stereocenters. The maximum absolute atomic E-state index is 9.49. The van der Waals surface area contributed by atoms with E-state index in [1.165, 1.54) is 0 Å². The molecule has 0 unspecified atom stereocenters. The Balaban J connectivity index is 2.68. The Hall–Kier alpha value is -0.440. The van der Waals surface area contributed by atoms with Crippen molar-refractivity contribution >= 4 is 28.9 Å². The molecule has 0 aliphatic carbocycles. The van der Waals surface area contributed by atoms with Crippen molar-refractivity contribution in [3.05, 3.63) is 28.2 Å². The Bertz CT molecular complexity index is 320. The van der Waals surface area contributed by atoms with Crippen LogP contribution in [0.1, 0.15) is 13.8 Å². The second-order valence-corrected chi connectivity index (χ2v) is 4.63. The van der Waals surface area contributed by atoms with Crippen molar-refractivity contribution in [3.63, 3.8) is 0 Å². The Morgan fingerprint density at radius 3 is 2.50 bits per heavy atom. The van der Waals surface area contributed by atoms with Crippen LogP contribution in [-0.2, 0) is 0 Å². The summed E-state index contributed by atoms with van der Waals surface area (Å²) in [5, 5.41) is 13.7. The highest BCUT2D eigenvalue weighted by atomic mass is 35.5.